The summed E-state index contributed by atoms with van der Waals surface area (Å²) in [6.07, 6.45) is 5.35. The van der Waals surface area contributed by atoms with Crippen molar-refractivity contribution in [2.75, 3.05) is 11.4 Å². The number of nitro groups is 1. The fourth-order valence-corrected chi connectivity index (χ4v) is 3.41. The van der Waals surface area contributed by atoms with E-state index in [1.807, 2.05) is 11.8 Å². The van der Waals surface area contributed by atoms with E-state index in [2.05, 4.69) is 16.9 Å². The third-order valence-electron chi connectivity index (χ3n) is 4.67. The molecule has 7 nitrogen and oxygen atoms in total. The van der Waals surface area contributed by atoms with Crippen LogP contribution >= 0.6 is 11.6 Å². The normalized spacial score (nSPS) is 17.2. The Morgan fingerprint density at radius 2 is 2.19 bits per heavy atom. The highest BCUT2D eigenvalue weighted by Crippen LogP contribution is 2.39. The molecule has 0 radical (unpaired) electrons. The van der Waals surface area contributed by atoms with Crippen molar-refractivity contribution in [2.24, 2.45) is 0 Å². The van der Waals surface area contributed by atoms with E-state index < -0.39 is 4.92 Å². The number of anilines is 1. The molecule has 26 heavy (non-hydrogen) atoms. The Morgan fingerprint density at radius 3 is 2.88 bits per heavy atom. The first kappa shape index (κ1) is 18.4. The Bertz CT molecular complexity index is 815. The van der Waals surface area contributed by atoms with Gasteiger partial charge in [-0.25, -0.2) is 4.98 Å². The van der Waals surface area contributed by atoms with Crippen LogP contribution in [0.5, 0.6) is 11.6 Å². The van der Waals surface area contributed by atoms with Crippen LogP contribution in [0.15, 0.2) is 24.5 Å². The molecule has 1 atom stereocenters. The molecule has 0 aliphatic carbocycles. The largest absolute Gasteiger partial charge is 0.434 e. The van der Waals surface area contributed by atoms with Gasteiger partial charge >= 0.3 is 11.6 Å². The highest BCUT2D eigenvalue weighted by molar-refractivity contribution is 6.31. The Morgan fingerprint density at radius 1 is 1.38 bits per heavy atom. The van der Waals surface area contributed by atoms with E-state index in [0.29, 0.717) is 16.6 Å². The molecule has 0 spiro atoms. The summed E-state index contributed by atoms with van der Waals surface area (Å²) in [5, 5.41) is 12.4. The first-order chi connectivity index (χ1) is 12.5. The maximum Gasteiger partial charge on any atom is 0.373 e. The van der Waals surface area contributed by atoms with Gasteiger partial charge in [-0.3, -0.25) is 10.1 Å². The van der Waals surface area contributed by atoms with Crippen LogP contribution < -0.4 is 9.64 Å². The molecule has 3 rings (SSSR count). The molecule has 1 aliphatic heterocycles. The molecule has 1 aliphatic rings. The van der Waals surface area contributed by atoms with Gasteiger partial charge in [-0.2, -0.15) is 4.98 Å². The Labute approximate surface area is 157 Å². The topological polar surface area (TPSA) is 81.4 Å². The second-order valence-corrected chi connectivity index (χ2v) is 6.78. The molecule has 0 N–H and O–H groups in total. The highest BCUT2D eigenvalue weighted by atomic mass is 35.5. The molecule has 0 amide bonds. The molecule has 1 aromatic carbocycles. The van der Waals surface area contributed by atoms with E-state index in [-0.39, 0.29) is 17.6 Å². The molecular formula is C18H21ClN4O3. The smallest absolute Gasteiger partial charge is 0.373 e. The van der Waals surface area contributed by atoms with Crippen LogP contribution in [0.25, 0.3) is 0 Å². The van der Waals surface area contributed by atoms with Crippen LogP contribution in [-0.4, -0.2) is 27.5 Å². The van der Waals surface area contributed by atoms with E-state index in [4.69, 9.17) is 16.3 Å². The number of hydrogen-bond donors (Lipinski definition) is 0. The molecule has 8 heteroatoms. The summed E-state index contributed by atoms with van der Waals surface area (Å²) in [6.45, 7) is 4.67. The maximum atomic E-state index is 11.8. The van der Waals surface area contributed by atoms with Gasteiger partial charge in [0.25, 0.3) is 0 Å². The Kier molecular flexibility index (Phi) is 5.56. The van der Waals surface area contributed by atoms with E-state index >= 15 is 0 Å². The van der Waals surface area contributed by atoms with Gasteiger partial charge in [-0.05, 0) is 56.4 Å². The highest BCUT2D eigenvalue weighted by Gasteiger charge is 2.32. The molecule has 138 valence electrons. The minimum absolute atomic E-state index is 0.0536. The second kappa shape index (κ2) is 7.86. The number of piperidine rings is 1. The summed E-state index contributed by atoms with van der Waals surface area (Å²) in [6, 6.07) is 5.32. The lowest BCUT2D eigenvalue weighted by Crippen LogP contribution is -2.40. The zero-order valence-electron chi connectivity index (χ0n) is 14.8. The number of benzene rings is 1. The average molecular weight is 377 g/mol. The number of rotatable bonds is 5. The molecule has 2 aromatic rings. The number of nitrogens with zero attached hydrogens (tertiary/aromatic N) is 4. The summed E-state index contributed by atoms with van der Waals surface area (Å²) < 4.78 is 5.73. The predicted molar refractivity (Wildman–Crippen MR) is 100 cm³/mol. The van der Waals surface area contributed by atoms with E-state index in [1.54, 1.807) is 18.2 Å². The van der Waals surface area contributed by atoms with Crippen LogP contribution in [0, 0.1) is 17.0 Å². The number of aromatic nitrogens is 2. The fourth-order valence-electron chi connectivity index (χ4n) is 3.29. The zero-order chi connectivity index (χ0) is 18.7. The summed E-state index contributed by atoms with van der Waals surface area (Å²) in [4.78, 5) is 21.6. The van der Waals surface area contributed by atoms with Gasteiger partial charge < -0.3 is 9.64 Å². The van der Waals surface area contributed by atoms with Crippen molar-refractivity contribution in [1.82, 2.24) is 9.97 Å². The standard InChI is InChI=1S/C18H21ClN4O3/c1-3-13-6-4-5-9-22(13)17-16(23(24)25)18(21-11-20-17)26-14-7-8-15(19)12(2)10-14/h7-8,10-11,13H,3-6,9H2,1-2H3. The van der Waals surface area contributed by atoms with E-state index in [9.17, 15) is 10.1 Å². The second-order valence-electron chi connectivity index (χ2n) is 6.37. The van der Waals surface area contributed by atoms with Crippen molar-refractivity contribution in [3.8, 4) is 11.6 Å². The van der Waals surface area contributed by atoms with Gasteiger partial charge in [-0.15, -0.1) is 0 Å². The third-order valence-corrected chi connectivity index (χ3v) is 5.09. The van der Waals surface area contributed by atoms with Gasteiger partial charge in [0.05, 0.1) is 4.92 Å². The van der Waals surface area contributed by atoms with E-state index in [0.717, 1.165) is 37.8 Å². The number of hydrogen-bond acceptors (Lipinski definition) is 6. The average Bonchev–Trinajstić information content (AvgIpc) is 2.64. The lowest BCUT2D eigenvalue weighted by molar-refractivity contribution is -0.385. The number of halogens is 1. The van der Waals surface area contributed by atoms with Crippen molar-refractivity contribution in [3.63, 3.8) is 0 Å². The lowest BCUT2D eigenvalue weighted by atomic mass is 10.00. The van der Waals surface area contributed by atoms with Gasteiger partial charge in [0, 0.05) is 17.6 Å². The predicted octanol–water partition coefficient (Wildman–Crippen LogP) is 4.91. The van der Waals surface area contributed by atoms with Crippen molar-refractivity contribution < 1.29 is 9.66 Å². The first-order valence-corrected chi connectivity index (χ1v) is 9.09. The van der Waals surface area contributed by atoms with Crippen molar-refractivity contribution in [2.45, 2.75) is 45.6 Å². The maximum absolute atomic E-state index is 11.8. The molecule has 1 saturated heterocycles. The van der Waals surface area contributed by atoms with Crippen LogP contribution in [-0.2, 0) is 0 Å². The summed E-state index contributed by atoms with van der Waals surface area (Å²) >= 11 is 6.03. The monoisotopic (exact) mass is 376 g/mol. The number of ether oxygens (including phenoxy) is 1. The minimum Gasteiger partial charge on any atom is -0.434 e. The van der Waals surface area contributed by atoms with Crippen molar-refractivity contribution in [3.05, 3.63) is 45.2 Å². The molecule has 0 saturated carbocycles. The Balaban J connectivity index is 2.00. The van der Waals surface area contributed by atoms with Crippen LogP contribution in [0.2, 0.25) is 5.02 Å². The fraction of sp³-hybridized carbons (Fsp3) is 0.444. The van der Waals surface area contributed by atoms with Gasteiger partial charge in [-0.1, -0.05) is 18.5 Å². The molecule has 1 aromatic heterocycles. The van der Waals surface area contributed by atoms with Gasteiger partial charge in [0.2, 0.25) is 5.82 Å². The zero-order valence-corrected chi connectivity index (χ0v) is 15.6. The van der Waals surface area contributed by atoms with Crippen LogP contribution in [0.1, 0.15) is 38.2 Å². The molecule has 0 bridgehead atoms. The minimum atomic E-state index is -0.464. The molecule has 1 fully saturated rings. The summed E-state index contributed by atoms with van der Waals surface area (Å²) in [7, 11) is 0. The van der Waals surface area contributed by atoms with Crippen LogP contribution in [0.4, 0.5) is 11.5 Å². The first-order valence-electron chi connectivity index (χ1n) is 8.71. The number of aryl methyl sites for hydroxylation is 1. The van der Waals surface area contributed by atoms with Gasteiger partial charge in [0.1, 0.15) is 12.1 Å². The van der Waals surface area contributed by atoms with Crippen molar-refractivity contribution in [1.29, 1.82) is 0 Å². The summed E-state index contributed by atoms with van der Waals surface area (Å²) in [5.74, 6) is 0.727. The van der Waals surface area contributed by atoms with E-state index in [1.165, 1.54) is 6.33 Å². The summed E-state index contributed by atoms with van der Waals surface area (Å²) in [5.41, 5.74) is 0.628. The molecular weight excluding hydrogens is 356 g/mol. The quantitative estimate of drug-likeness (QED) is 0.544. The Hall–Kier alpha value is -2.41. The van der Waals surface area contributed by atoms with Crippen LogP contribution in [0.3, 0.4) is 0 Å². The SMILES string of the molecule is CCC1CCCCN1c1ncnc(Oc2ccc(Cl)c(C)c2)c1[N+](=O)[O-]. The van der Waals surface area contributed by atoms with Gasteiger partial charge in [0.15, 0.2) is 0 Å². The molecule has 2 heterocycles. The lowest BCUT2D eigenvalue weighted by Gasteiger charge is -2.35. The van der Waals surface area contributed by atoms with Crippen molar-refractivity contribution >= 4 is 23.1 Å². The molecule has 1 unspecified atom stereocenters. The third kappa shape index (κ3) is 3.72.